The van der Waals surface area contributed by atoms with E-state index in [0.717, 1.165) is 46.9 Å². The highest BCUT2D eigenvalue weighted by Crippen LogP contribution is 2.33. The topological polar surface area (TPSA) is 96.0 Å². The van der Waals surface area contributed by atoms with Gasteiger partial charge in [0.15, 0.2) is 0 Å². The molecule has 50 heavy (non-hydrogen) atoms. The van der Waals surface area contributed by atoms with E-state index in [1.165, 1.54) is 16.7 Å². The van der Waals surface area contributed by atoms with Crippen molar-refractivity contribution in [2.45, 2.75) is 73.9 Å². The van der Waals surface area contributed by atoms with Crippen LogP contribution in [-0.2, 0) is 32.6 Å². The molecule has 1 atom stereocenters. The fourth-order valence-corrected chi connectivity index (χ4v) is 8.31. The minimum Gasteiger partial charge on any atom is -0.492 e. The number of anilines is 1. The molecule has 0 radical (unpaired) electrons. The summed E-state index contributed by atoms with van der Waals surface area (Å²) in [4.78, 5) is 31.6. The first kappa shape index (κ1) is 37.3. The van der Waals surface area contributed by atoms with Crippen molar-refractivity contribution in [1.82, 2.24) is 10.2 Å². The summed E-state index contributed by atoms with van der Waals surface area (Å²) in [6, 6.07) is 29.1. The highest BCUT2D eigenvalue weighted by atomic mass is 35.5. The predicted molar refractivity (Wildman–Crippen MR) is 201 cm³/mol. The second-order valence-corrected chi connectivity index (χ2v) is 15.5. The Morgan fingerprint density at radius 1 is 0.900 bits per heavy atom. The molecule has 5 rings (SSSR count). The monoisotopic (exact) mass is 733 g/mol. The number of benzene rings is 4. The molecule has 0 spiro atoms. The van der Waals surface area contributed by atoms with E-state index in [9.17, 15) is 18.0 Å². The molecule has 4 aromatic carbocycles. The standard InChI is InChI=1S/C39H44ClN3O5S2/c1-3-48-37-20-11-10-19-35(37)43(50(46,47)34-23-21-33(49-2)22-24-34)28-38(44)42(27-30-15-12-16-31(40)25-30)36(26-29-13-6-4-7-14-29)39(45)41-32-17-8-5-9-18-32/h4,6-7,10-16,19-25,32,36H,3,5,8-9,17-18,26-28H2,1-2H3,(H,41,45)/t36-/m1/s1. The Morgan fingerprint density at radius 3 is 2.26 bits per heavy atom. The van der Waals surface area contributed by atoms with E-state index in [4.69, 9.17) is 16.3 Å². The number of nitrogens with zero attached hydrogens (tertiary/aromatic N) is 2. The van der Waals surface area contributed by atoms with Crippen LogP contribution in [0.3, 0.4) is 0 Å². The van der Waals surface area contributed by atoms with Gasteiger partial charge in [0.2, 0.25) is 11.8 Å². The van der Waals surface area contributed by atoms with Crippen molar-refractivity contribution in [3.8, 4) is 5.75 Å². The lowest BCUT2D eigenvalue weighted by Crippen LogP contribution is -2.55. The molecule has 1 aliphatic rings. The van der Waals surface area contributed by atoms with Crippen molar-refractivity contribution in [2.75, 3.05) is 23.7 Å². The molecule has 0 saturated heterocycles. The van der Waals surface area contributed by atoms with Crippen LogP contribution in [0.25, 0.3) is 0 Å². The van der Waals surface area contributed by atoms with Gasteiger partial charge in [-0.3, -0.25) is 13.9 Å². The number of rotatable bonds is 15. The van der Waals surface area contributed by atoms with E-state index in [1.54, 1.807) is 66.7 Å². The maximum absolute atomic E-state index is 14.9. The number of carbonyl (C=O) groups excluding carboxylic acids is 2. The van der Waals surface area contributed by atoms with Crippen LogP contribution in [0.15, 0.2) is 113 Å². The van der Waals surface area contributed by atoms with Crippen LogP contribution in [0.5, 0.6) is 5.75 Å². The summed E-state index contributed by atoms with van der Waals surface area (Å²) < 4.78 is 36.0. The summed E-state index contributed by atoms with van der Waals surface area (Å²) in [6.07, 6.45) is 7.10. The second kappa shape index (κ2) is 17.8. The van der Waals surface area contributed by atoms with Crippen molar-refractivity contribution in [2.24, 2.45) is 0 Å². The van der Waals surface area contributed by atoms with E-state index >= 15 is 0 Å². The number of hydrogen-bond acceptors (Lipinski definition) is 6. The van der Waals surface area contributed by atoms with Crippen molar-refractivity contribution >= 4 is 50.9 Å². The first-order valence-corrected chi connectivity index (χ1v) is 20.0. The van der Waals surface area contributed by atoms with Crippen LogP contribution in [0.2, 0.25) is 5.02 Å². The van der Waals surface area contributed by atoms with Gasteiger partial charge >= 0.3 is 0 Å². The van der Waals surface area contributed by atoms with E-state index in [0.29, 0.717) is 22.9 Å². The molecule has 1 fully saturated rings. The molecule has 8 nitrogen and oxygen atoms in total. The van der Waals surface area contributed by atoms with E-state index < -0.39 is 28.5 Å². The Labute approximate surface area is 305 Å². The third-order valence-electron chi connectivity index (χ3n) is 8.82. The van der Waals surface area contributed by atoms with Crippen molar-refractivity contribution in [3.05, 3.63) is 119 Å². The molecule has 11 heteroatoms. The smallest absolute Gasteiger partial charge is 0.264 e. The predicted octanol–water partition coefficient (Wildman–Crippen LogP) is 7.74. The lowest BCUT2D eigenvalue weighted by atomic mass is 9.94. The maximum atomic E-state index is 14.9. The summed E-state index contributed by atoms with van der Waals surface area (Å²) in [5, 5.41) is 3.73. The fourth-order valence-electron chi connectivity index (χ4n) is 6.26. The number of halogens is 1. The van der Waals surface area contributed by atoms with Gasteiger partial charge < -0.3 is 15.0 Å². The summed E-state index contributed by atoms with van der Waals surface area (Å²) >= 11 is 7.88. The second-order valence-electron chi connectivity index (χ2n) is 12.3. The number of thioether (sulfide) groups is 1. The van der Waals surface area contributed by atoms with Gasteiger partial charge in [0, 0.05) is 28.9 Å². The number of ether oxygens (including phenoxy) is 1. The van der Waals surface area contributed by atoms with Crippen LogP contribution in [0.1, 0.15) is 50.2 Å². The molecular weight excluding hydrogens is 690 g/mol. The van der Waals surface area contributed by atoms with E-state index in [1.807, 2.05) is 49.6 Å². The Balaban J connectivity index is 1.59. The molecule has 0 unspecified atom stereocenters. The zero-order valence-corrected chi connectivity index (χ0v) is 30.9. The Kier molecular flexibility index (Phi) is 13.3. The average molecular weight is 734 g/mol. The van der Waals surface area contributed by atoms with Crippen LogP contribution in [-0.4, -0.2) is 56.6 Å². The number of carbonyl (C=O) groups is 2. The Hall–Kier alpha value is -3.99. The summed E-state index contributed by atoms with van der Waals surface area (Å²) in [5.41, 5.74) is 1.82. The molecule has 1 aliphatic carbocycles. The van der Waals surface area contributed by atoms with Gasteiger partial charge in [-0.25, -0.2) is 8.42 Å². The lowest BCUT2D eigenvalue weighted by Gasteiger charge is -2.35. The van der Waals surface area contributed by atoms with Gasteiger partial charge in [0.05, 0.1) is 17.2 Å². The number of nitrogens with one attached hydrogen (secondary N) is 1. The third kappa shape index (κ3) is 9.62. The van der Waals surface area contributed by atoms with Gasteiger partial charge in [-0.05, 0) is 85.7 Å². The summed E-state index contributed by atoms with van der Waals surface area (Å²) in [7, 11) is -4.28. The molecule has 0 heterocycles. The van der Waals surface area contributed by atoms with Crippen LogP contribution < -0.4 is 14.4 Å². The molecule has 0 aliphatic heterocycles. The summed E-state index contributed by atoms with van der Waals surface area (Å²) in [6.45, 7) is 1.58. The summed E-state index contributed by atoms with van der Waals surface area (Å²) in [5.74, 6) is -0.488. The third-order valence-corrected chi connectivity index (χ3v) is 11.6. The fraction of sp³-hybridized carbons (Fsp3) is 0.333. The van der Waals surface area contributed by atoms with E-state index in [-0.39, 0.29) is 35.5 Å². The molecular formula is C39H44ClN3O5S2. The lowest BCUT2D eigenvalue weighted by molar-refractivity contribution is -0.140. The van der Waals surface area contributed by atoms with Gasteiger partial charge in [0.1, 0.15) is 18.3 Å². The molecule has 4 aromatic rings. The van der Waals surface area contributed by atoms with Crippen molar-refractivity contribution in [3.63, 3.8) is 0 Å². The van der Waals surface area contributed by atoms with Crippen molar-refractivity contribution < 1.29 is 22.7 Å². The highest BCUT2D eigenvalue weighted by molar-refractivity contribution is 7.98. The normalized spacial score (nSPS) is 14.1. The SMILES string of the molecule is CCOc1ccccc1N(CC(=O)N(Cc1cccc(Cl)c1)[C@H](Cc1ccccc1)C(=O)NC1CCCCC1)S(=O)(=O)c1ccc(SC)cc1. The maximum Gasteiger partial charge on any atom is 0.264 e. The average Bonchev–Trinajstić information content (AvgIpc) is 3.13. The minimum atomic E-state index is -4.28. The molecule has 0 bridgehead atoms. The first-order chi connectivity index (χ1) is 24.2. The first-order valence-electron chi connectivity index (χ1n) is 17.0. The van der Waals surface area contributed by atoms with Crippen LogP contribution >= 0.6 is 23.4 Å². The largest absolute Gasteiger partial charge is 0.492 e. The quantitative estimate of drug-likeness (QED) is 0.126. The Bertz CT molecular complexity index is 1830. The van der Waals surface area contributed by atoms with Gasteiger partial charge in [-0.2, -0.15) is 0 Å². The van der Waals surface area contributed by atoms with Crippen LogP contribution in [0, 0.1) is 0 Å². The number of para-hydroxylation sites is 2. The zero-order chi connectivity index (χ0) is 35.5. The zero-order valence-electron chi connectivity index (χ0n) is 28.5. The number of hydrogen-bond donors (Lipinski definition) is 1. The van der Waals surface area contributed by atoms with Crippen molar-refractivity contribution in [1.29, 1.82) is 0 Å². The molecule has 2 amide bonds. The van der Waals surface area contributed by atoms with Gasteiger partial charge in [-0.15, -0.1) is 11.8 Å². The molecule has 0 aromatic heterocycles. The molecule has 1 saturated carbocycles. The minimum absolute atomic E-state index is 0.0110. The number of amides is 2. The highest BCUT2D eigenvalue weighted by Gasteiger charge is 2.36. The molecule has 264 valence electrons. The number of sulfonamides is 1. The molecule has 1 N–H and O–H groups in total. The van der Waals surface area contributed by atoms with Crippen LogP contribution in [0.4, 0.5) is 5.69 Å². The van der Waals surface area contributed by atoms with Gasteiger partial charge in [-0.1, -0.05) is 85.5 Å². The Morgan fingerprint density at radius 2 is 1.58 bits per heavy atom. The van der Waals surface area contributed by atoms with E-state index in [2.05, 4.69) is 5.32 Å². The van der Waals surface area contributed by atoms with Gasteiger partial charge in [0.25, 0.3) is 10.0 Å².